The predicted molar refractivity (Wildman–Crippen MR) is 187 cm³/mol. The van der Waals surface area contributed by atoms with Crippen molar-refractivity contribution < 1.29 is 8.78 Å². The first-order valence-electron chi connectivity index (χ1n) is 16.9. The van der Waals surface area contributed by atoms with Crippen molar-refractivity contribution in [3.05, 3.63) is 101 Å². The molecule has 0 nitrogen and oxygen atoms in total. The van der Waals surface area contributed by atoms with Gasteiger partial charge >= 0.3 is 0 Å². The molecule has 2 aliphatic rings. The van der Waals surface area contributed by atoms with E-state index in [9.17, 15) is 8.78 Å². The Hall–Kier alpha value is -3.00. The van der Waals surface area contributed by atoms with Gasteiger partial charge in [-0.1, -0.05) is 122 Å². The lowest BCUT2D eigenvalue weighted by molar-refractivity contribution is 0.338. The van der Waals surface area contributed by atoms with Crippen molar-refractivity contribution >= 4 is 16.3 Å². The molecular weight excluding hydrogens is 530 g/mol. The van der Waals surface area contributed by atoms with Crippen molar-refractivity contribution in [1.29, 1.82) is 0 Å². The molecule has 0 aliphatic heterocycles. The Balaban J connectivity index is 0.00000121. The van der Waals surface area contributed by atoms with Gasteiger partial charge in [-0.2, -0.15) is 0 Å². The lowest BCUT2D eigenvalue weighted by Gasteiger charge is -2.34. The molecule has 2 heteroatoms. The number of halogens is 2. The van der Waals surface area contributed by atoms with E-state index in [2.05, 4.69) is 81.1 Å². The first-order valence-corrected chi connectivity index (χ1v) is 16.9. The van der Waals surface area contributed by atoms with Gasteiger partial charge in [0.05, 0.1) is 13.3 Å². The molecular formula is C41H54F2. The molecule has 3 aromatic carbocycles. The Bertz CT molecular complexity index is 1440. The molecule has 0 saturated heterocycles. The first-order chi connectivity index (χ1) is 21.1. The molecule has 0 N–H and O–H groups in total. The van der Waals surface area contributed by atoms with Gasteiger partial charge < -0.3 is 0 Å². The van der Waals surface area contributed by atoms with Gasteiger partial charge in [-0.15, -0.1) is 0 Å². The fourth-order valence-corrected chi connectivity index (χ4v) is 7.89. The van der Waals surface area contributed by atoms with Gasteiger partial charge in [-0.25, -0.2) is 0 Å². The number of hydrogen-bond acceptors (Lipinski definition) is 0. The van der Waals surface area contributed by atoms with Crippen LogP contribution in [0.5, 0.6) is 0 Å². The van der Waals surface area contributed by atoms with Crippen molar-refractivity contribution in [2.45, 2.75) is 111 Å². The molecule has 3 aromatic rings. The van der Waals surface area contributed by atoms with E-state index in [1.54, 1.807) is 0 Å². The SMILES string of the molecule is C=CC1=C(/C=C\C)c2cc3c(cc2C1(CCF)CCCF)-c1c(ccc2ccccc12)C3(CCC)CCCC.CC.CC. The molecule has 0 heterocycles. The lowest BCUT2D eigenvalue weighted by Crippen LogP contribution is -2.28. The third-order valence-corrected chi connectivity index (χ3v) is 9.43. The van der Waals surface area contributed by atoms with Gasteiger partial charge in [-0.05, 0) is 106 Å². The Morgan fingerprint density at radius 2 is 1.40 bits per heavy atom. The molecule has 2 aliphatic carbocycles. The predicted octanol–water partition coefficient (Wildman–Crippen LogP) is 13.0. The second-order valence-electron chi connectivity index (χ2n) is 11.4. The summed E-state index contributed by atoms with van der Waals surface area (Å²) in [7, 11) is 0. The van der Waals surface area contributed by atoms with Crippen molar-refractivity contribution in [2.24, 2.45) is 0 Å². The summed E-state index contributed by atoms with van der Waals surface area (Å²) in [4.78, 5) is 0. The standard InChI is InChI=1S/C37H42F2.2C2H6/c1-5-9-19-36(18-7-3)32-17-16-26-14-10-11-15-27(26)35(32)30-25-33-29(24-34(30)36)28(13-6-2)31(8-4)37(33,21-23-39)20-12-22-38;2*1-2/h6,8,10-11,13-17,24-25H,4-5,7,9,12,18-23H2,1-3H3;2*1-2H3/b13-6-;;. The topological polar surface area (TPSA) is 0 Å². The Labute approximate surface area is 261 Å². The van der Waals surface area contributed by atoms with Crippen LogP contribution in [0.2, 0.25) is 0 Å². The highest BCUT2D eigenvalue weighted by molar-refractivity contribution is 6.04. The number of rotatable bonds is 12. The van der Waals surface area contributed by atoms with E-state index in [-0.39, 0.29) is 5.41 Å². The molecule has 0 radical (unpaired) electrons. The molecule has 0 fully saturated rings. The van der Waals surface area contributed by atoms with Crippen molar-refractivity contribution in [2.75, 3.05) is 13.3 Å². The van der Waals surface area contributed by atoms with Gasteiger partial charge in [0.15, 0.2) is 0 Å². The number of unbranched alkanes of at least 4 members (excludes halogenated alkanes) is 1. The van der Waals surface area contributed by atoms with Crippen molar-refractivity contribution in [1.82, 2.24) is 0 Å². The van der Waals surface area contributed by atoms with Gasteiger partial charge in [0.25, 0.3) is 0 Å². The first kappa shape index (κ1) is 34.5. The maximum atomic E-state index is 14.3. The smallest absolute Gasteiger partial charge is 0.0906 e. The van der Waals surface area contributed by atoms with Gasteiger partial charge in [0.2, 0.25) is 0 Å². The van der Waals surface area contributed by atoms with Crippen LogP contribution in [0.25, 0.3) is 27.5 Å². The largest absolute Gasteiger partial charge is 0.251 e. The molecule has 43 heavy (non-hydrogen) atoms. The van der Waals surface area contributed by atoms with Crippen LogP contribution in [0.3, 0.4) is 0 Å². The Morgan fingerprint density at radius 3 is 2.02 bits per heavy atom. The zero-order chi connectivity index (χ0) is 31.6. The second-order valence-corrected chi connectivity index (χ2v) is 11.4. The van der Waals surface area contributed by atoms with Crippen LogP contribution >= 0.6 is 0 Å². The zero-order valence-electron chi connectivity index (χ0n) is 27.9. The summed E-state index contributed by atoms with van der Waals surface area (Å²) in [6.45, 7) is 17.9. The molecule has 2 atom stereocenters. The quantitative estimate of drug-likeness (QED) is 0.199. The van der Waals surface area contributed by atoms with E-state index in [0.29, 0.717) is 19.3 Å². The minimum Gasteiger partial charge on any atom is -0.251 e. The van der Waals surface area contributed by atoms with Crippen molar-refractivity contribution in [3.8, 4) is 11.1 Å². The summed E-state index contributed by atoms with van der Waals surface area (Å²) < 4.78 is 28.0. The van der Waals surface area contributed by atoms with Crippen LogP contribution in [0, 0.1) is 0 Å². The molecule has 0 saturated carbocycles. The summed E-state index contributed by atoms with van der Waals surface area (Å²) in [5, 5.41) is 2.53. The Kier molecular flexibility index (Phi) is 12.5. The molecule has 0 aromatic heterocycles. The minimum absolute atomic E-state index is 0.0475. The van der Waals surface area contributed by atoms with Crippen LogP contribution in [0.4, 0.5) is 8.78 Å². The summed E-state index contributed by atoms with van der Waals surface area (Å²) in [6.07, 6.45) is 13.1. The number of hydrogen-bond donors (Lipinski definition) is 0. The van der Waals surface area contributed by atoms with E-state index < -0.39 is 18.8 Å². The molecule has 2 unspecified atom stereocenters. The number of allylic oxidation sites excluding steroid dienone is 5. The van der Waals surface area contributed by atoms with Gasteiger partial charge in [0.1, 0.15) is 0 Å². The second kappa shape index (κ2) is 15.6. The van der Waals surface area contributed by atoms with Crippen LogP contribution in [-0.4, -0.2) is 13.3 Å². The fourth-order valence-electron chi connectivity index (χ4n) is 7.89. The van der Waals surface area contributed by atoms with Crippen LogP contribution in [-0.2, 0) is 10.8 Å². The maximum Gasteiger partial charge on any atom is 0.0906 e. The summed E-state index contributed by atoms with van der Waals surface area (Å²) in [5.74, 6) is 0. The zero-order valence-corrected chi connectivity index (χ0v) is 27.9. The summed E-state index contributed by atoms with van der Waals surface area (Å²) in [5.41, 5.74) is 9.39. The minimum atomic E-state index is -0.564. The lowest BCUT2D eigenvalue weighted by atomic mass is 9.69. The van der Waals surface area contributed by atoms with Crippen LogP contribution in [0.15, 0.2) is 78.9 Å². The average molecular weight is 585 g/mol. The van der Waals surface area contributed by atoms with Gasteiger partial charge in [-0.3, -0.25) is 8.78 Å². The summed E-state index contributed by atoms with van der Waals surface area (Å²) in [6, 6.07) is 18.2. The van der Waals surface area contributed by atoms with Crippen LogP contribution < -0.4 is 0 Å². The van der Waals surface area contributed by atoms with E-state index in [1.165, 1.54) is 45.0 Å². The van der Waals surface area contributed by atoms with E-state index >= 15 is 0 Å². The third-order valence-electron chi connectivity index (χ3n) is 9.43. The molecule has 0 bridgehead atoms. The number of fused-ring (bicyclic) bond motifs is 6. The highest BCUT2D eigenvalue weighted by atomic mass is 19.1. The maximum absolute atomic E-state index is 14.3. The average Bonchev–Trinajstić information content (AvgIpc) is 3.46. The Morgan fingerprint density at radius 1 is 0.721 bits per heavy atom. The van der Waals surface area contributed by atoms with E-state index in [4.69, 9.17) is 0 Å². The number of alkyl halides is 2. The molecule has 5 rings (SSSR count). The monoisotopic (exact) mass is 584 g/mol. The van der Waals surface area contributed by atoms with Gasteiger partial charge in [0, 0.05) is 10.8 Å². The van der Waals surface area contributed by atoms with Crippen LogP contribution in [0.1, 0.15) is 122 Å². The fraction of sp³-hybridized carbons (Fsp3) is 0.463. The molecule has 232 valence electrons. The molecule has 0 spiro atoms. The highest BCUT2D eigenvalue weighted by Gasteiger charge is 2.48. The number of benzene rings is 3. The highest BCUT2D eigenvalue weighted by Crippen LogP contribution is 2.60. The summed E-state index contributed by atoms with van der Waals surface area (Å²) >= 11 is 0. The van der Waals surface area contributed by atoms with Crippen molar-refractivity contribution in [3.63, 3.8) is 0 Å². The van der Waals surface area contributed by atoms with E-state index in [0.717, 1.165) is 42.4 Å². The molecule has 0 amide bonds. The van der Waals surface area contributed by atoms with E-state index in [1.807, 2.05) is 40.7 Å². The third kappa shape index (κ3) is 5.79. The normalized spacial score (nSPS) is 19.8.